The van der Waals surface area contributed by atoms with E-state index in [1.54, 1.807) is 4.90 Å². The van der Waals surface area contributed by atoms with Crippen LogP contribution in [0, 0.1) is 5.92 Å². The van der Waals surface area contributed by atoms with Crippen molar-refractivity contribution in [1.82, 2.24) is 4.90 Å². The topological polar surface area (TPSA) is 49.4 Å². The summed E-state index contributed by atoms with van der Waals surface area (Å²) in [7, 11) is 0. The van der Waals surface area contributed by atoms with Crippen molar-refractivity contribution in [3.8, 4) is 0 Å². The van der Waals surface area contributed by atoms with Gasteiger partial charge in [-0.1, -0.05) is 22.0 Å². The fourth-order valence-corrected chi connectivity index (χ4v) is 2.74. The Hall–Kier alpha value is -1.36. The highest BCUT2D eigenvalue weighted by molar-refractivity contribution is 9.10. The lowest BCUT2D eigenvalue weighted by atomic mass is 10.1. The van der Waals surface area contributed by atoms with E-state index < -0.39 is 0 Å². The highest BCUT2D eigenvalue weighted by Crippen LogP contribution is 2.27. The lowest BCUT2D eigenvalue weighted by Gasteiger charge is -2.31. The maximum atomic E-state index is 12.2. The number of halogens is 1. The van der Waals surface area contributed by atoms with Gasteiger partial charge in [0.1, 0.15) is 0 Å². The summed E-state index contributed by atoms with van der Waals surface area (Å²) < 4.78 is 0.911. The summed E-state index contributed by atoms with van der Waals surface area (Å²) in [5.41, 5.74) is 0.507. The van der Waals surface area contributed by atoms with Gasteiger partial charge in [0.05, 0.1) is 5.92 Å². The van der Waals surface area contributed by atoms with Crippen LogP contribution in [0.3, 0.4) is 0 Å². The highest BCUT2D eigenvalue weighted by atomic mass is 79.9. The van der Waals surface area contributed by atoms with Crippen LogP contribution in [-0.2, 0) is 9.59 Å². The van der Waals surface area contributed by atoms with E-state index in [0.29, 0.717) is 6.54 Å². The fourth-order valence-electron chi connectivity index (χ4n) is 2.34. The van der Waals surface area contributed by atoms with Crippen LogP contribution in [0.2, 0.25) is 0 Å². The number of amides is 2. The number of likely N-dealkylation sites (tertiary alicyclic amines) is 1. The van der Waals surface area contributed by atoms with E-state index in [1.165, 1.54) is 0 Å². The Labute approximate surface area is 127 Å². The lowest BCUT2D eigenvalue weighted by Crippen LogP contribution is -2.42. The van der Waals surface area contributed by atoms with E-state index in [1.807, 2.05) is 45.0 Å². The number of anilines is 1. The molecular formula is C15H19BrN2O2. The van der Waals surface area contributed by atoms with Gasteiger partial charge < -0.3 is 10.2 Å². The average molecular weight is 339 g/mol. The molecule has 4 nitrogen and oxygen atoms in total. The third kappa shape index (κ3) is 3.39. The Morgan fingerprint density at radius 1 is 1.40 bits per heavy atom. The summed E-state index contributed by atoms with van der Waals surface area (Å²) >= 11 is 3.37. The third-order valence-corrected chi connectivity index (χ3v) is 3.89. The molecule has 20 heavy (non-hydrogen) atoms. The molecule has 5 heteroatoms. The Balaban J connectivity index is 2.03. The SMILES string of the molecule is CC(C)(C)N1CC(C(=O)Nc2cccc(Br)c2)CC1=O. The van der Waals surface area contributed by atoms with Gasteiger partial charge >= 0.3 is 0 Å². The predicted molar refractivity (Wildman–Crippen MR) is 82.3 cm³/mol. The smallest absolute Gasteiger partial charge is 0.229 e. The van der Waals surface area contributed by atoms with Gasteiger partial charge in [0.25, 0.3) is 0 Å². The average Bonchev–Trinajstić information content (AvgIpc) is 2.71. The molecule has 108 valence electrons. The third-order valence-electron chi connectivity index (χ3n) is 3.40. The highest BCUT2D eigenvalue weighted by Gasteiger charge is 2.39. The van der Waals surface area contributed by atoms with Crippen LogP contribution in [0.4, 0.5) is 5.69 Å². The van der Waals surface area contributed by atoms with Gasteiger partial charge in [-0.05, 0) is 39.0 Å². The maximum Gasteiger partial charge on any atom is 0.229 e. The summed E-state index contributed by atoms with van der Waals surface area (Å²) in [6.07, 6.45) is 0.289. The van der Waals surface area contributed by atoms with E-state index in [-0.39, 0.29) is 29.7 Å². The molecule has 1 heterocycles. The number of hydrogen-bond acceptors (Lipinski definition) is 2. The molecule has 1 aliphatic rings. The first-order chi connectivity index (χ1) is 9.27. The number of nitrogens with one attached hydrogen (secondary N) is 1. The second-order valence-corrected chi connectivity index (χ2v) is 6.99. The van der Waals surface area contributed by atoms with Gasteiger partial charge in [0, 0.05) is 28.7 Å². The molecular weight excluding hydrogens is 320 g/mol. The molecule has 2 rings (SSSR count). The zero-order valence-electron chi connectivity index (χ0n) is 11.9. The van der Waals surface area contributed by atoms with Crippen molar-refractivity contribution in [1.29, 1.82) is 0 Å². The van der Waals surface area contributed by atoms with Gasteiger partial charge in [0.15, 0.2) is 0 Å². The molecule has 0 bridgehead atoms. The van der Waals surface area contributed by atoms with E-state index in [2.05, 4.69) is 21.2 Å². The van der Waals surface area contributed by atoms with Crippen molar-refractivity contribution in [3.05, 3.63) is 28.7 Å². The quantitative estimate of drug-likeness (QED) is 0.900. The van der Waals surface area contributed by atoms with Crippen molar-refractivity contribution in [2.75, 3.05) is 11.9 Å². The second kappa shape index (κ2) is 5.56. The van der Waals surface area contributed by atoms with Crippen LogP contribution < -0.4 is 5.32 Å². The van der Waals surface area contributed by atoms with Crippen molar-refractivity contribution >= 4 is 33.4 Å². The van der Waals surface area contributed by atoms with Crippen LogP contribution >= 0.6 is 15.9 Å². The molecule has 0 radical (unpaired) electrons. The minimum atomic E-state index is -0.277. The van der Waals surface area contributed by atoms with E-state index in [4.69, 9.17) is 0 Å². The molecule has 1 saturated heterocycles. The minimum absolute atomic E-state index is 0.0480. The lowest BCUT2D eigenvalue weighted by molar-refractivity contribution is -0.131. The van der Waals surface area contributed by atoms with Gasteiger partial charge in [-0.25, -0.2) is 0 Å². The monoisotopic (exact) mass is 338 g/mol. The van der Waals surface area contributed by atoms with E-state index in [9.17, 15) is 9.59 Å². The van der Waals surface area contributed by atoms with Gasteiger partial charge in [0.2, 0.25) is 11.8 Å². The van der Waals surface area contributed by atoms with Crippen molar-refractivity contribution < 1.29 is 9.59 Å². The summed E-state index contributed by atoms with van der Waals surface area (Å²) in [6.45, 7) is 6.45. The first-order valence-electron chi connectivity index (χ1n) is 6.64. The zero-order valence-corrected chi connectivity index (χ0v) is 13.5. The van der Waals surface area contributed by atoms with Crippen LogP contribution in [0.15, 0.2) is 28.7 Å². The number of carbonyl (C=O) groups excluding carboxylic acids is 2. The zero-order chi connectivity index (χ0) is 14.9. The Bertz CT molecular complexity index is 537. The van der Waals surface area contributed by atoms with Crippen molar-refractivity contribution in [2.45, 2.75) is 32.7 Å². The fraction of sp³-hybridized carbons (Fsp3) is 0.467. The van der Waals surface area contributed by atoms with Gasteiger partial charge in [-0.3, -0.25) is 9.59 Å². The first-order valence-corrected chi connectivity index (χ1v) is 7.43. The molecule has 0 spiro atoms. The van der Waals surface area contributed by atoms with Gasteiger partial charge in [-0.2, -0.15) is 0 Å². The van der Waals surface area contributed by atoms with Gasteiger partial charge in [-0.15, -0.1) is 0 Å². The first kappa shape index (κ1) is 15.0. The molecule has 1 atom stereocenters. The maximum absolute atomic E-state index is 12.2. The molecule has 0 aliphatic carbocycles. The molecule has 1 aliphatic heterocycles. The van der Waals surface area contributed by atoms with Crippen LogP contribution in [-0.4, -0.2) is 28.8 Å². The number of benzene rings is 1. The van der Waals surface area contributed by atoms with Crippen LogP contribution in [0.1, 0.15) is 27.2 Å². The normalized spacial score (nSPS) is 19.3. The van der Waals surface area contributed by atoms with Crippen molar-refractivity contribution in [3.63, 3.8) is 0 Å². The molecule has 1 aromatic rings. The Morgan fingerprint density at radius 3 is 2.65 bits per heavy atom. The summed E-state index contributed by atoms with van der Waals surface area (Å²) in [5.74, 6) is -0.323. The number of rotatable bonds is 2. The number of hydrogen-bond donors (Lipinski definition) is 1. The standard InChI is InChI=1S/C15H19BrN2O2/c1-15(2,3)18-9-10(7-13(18)19)14(20)17-12-6-4-5-11(16)8-12/h4-6,8,10H,7,9H2,1-3H3,(H,17,20). The van der Waals surface area contributed by atoms with Crippen LogP contribution in [0.25, 0.3) is 0 Å². The molecule has 1 aromatic carbocycles. The molecule has 0 saturated carbocycles. The molecule has 0 aromatic heterocycles. The molecule has 1 N–H and O–H groups in total. The molecule has 2 amide bonds. The second-order valence-electron chi connectivity index (χ2n) is 6.08. The van der Waals surface area contributed by atoms with Crippen molar-refractivity contribution in [2.24, 2.45) is 5.92 Å². The Morgan fingerprint density at radius 2 is 2.10 bits per heavy atom. The molecule has 1 fully saturated rings. The van der Waals surface area contributed by atoms with Crippen LogP contribution in [0.5, 0.6) is 0 Å². The molecule has 1 unspecified atom stereocenters. The minimum Gasteiger partial charge on any atom is -0.337 e. The number of carbonyl (C=O) groups is 2. The Kier molecular flexibility index (Phi) is 4.18. The summed E-state index contributed by atoms with van der Waals surface area (Å²) in [6, 6.07) is 7.44. The van der Waals surface area contributed by atoms with E-state index in [0.717, 1.165) is 10.2 Å². The summed E-state index contributed by atoms with van der Waals surface area (Å²) in [4.78, 5) is 26.0. The predicted octanol–water partition coefficient (Wildman–Crippen LogP) is 3.03. The largest absolute Gasteiger partial charge is 0.337 e. The number of nitrogens with zero attached hydrogens (tertiary/aromatic N) is 1. The van der Waals surface area contributed by atoms with E-state index >= 15 is 0 Å². The summed E-state index contributed by atoms with van der Waals surface area (Å²) in [5, 5.41) is 2.87.